The lowest BCUT2D eigenvalue weighted by Gasteiger charge is -2.07. The van der Waals surface area contributed by atoms with Crippen LogP contribution in [0.3, 0.4) is 0 Å². The van der Waals surface area contributed by atoms with Crippen molar-refractivity contribution in [3.8, 4) is 17.2 Å². The van der Waals surface area contributed by atoms with Crippen LogP contribution in [-0.4, -0.2) is 27.5 Å². The quantitative estimate of drug-likeness (QED) is 0.782. The highest BCUT2D eigenvalue weighted by atomic mass is 16.5. The van der Waals surface area contributed by atoms with E-state index >= 15 is 0 Å². The summed E-state index contributed by atoms with van der Waals surface area (Å²) in [5.41, 5.74) is 1.61. The third-order valence-electron chi connectivity index (χ3n) is 2.86. The number of nitrogens with zero attached hydrogens (tertiary/aromatic N) is 1. The molecular weight excluding hydrogens is 254 g/mol. The van der Waals surface area contributed by atoms with Crippen molar-refractivity contribution in [1.29, 1.82) is 0 Å². The molecule has 20 heavy (non-hydrogen) atoms. The smallest absolute Gasteiger partial charge is 0.144 e. The van der Waals surface area contributed by atoms with Gasteiger partial charge in [0.15, 0.2) is 0 Å². The molecule has 0 heterocycles. The Hall–Kier alpha value is -2.49. The molecule has 2 aromatic carbocycles. The number of benzene rings is 2. The van der Waals surface area contributed by atoms with Crippen molar-refractivity contribution in [2.45, 2.75) is 0 Å². The van der Waals surface area contributed by atoms with Crippen molar-refractivity contribution in [1.82, 2.24) is 0 Å². The molecule has 0 atom stereocenters. The van der Waals surface area contributed by atoms with E-state index in [1.807, 2.05) is 42.5 Å². The summed E-state index contributed by atoms with van der Waals surface area (Å²) in [6, 6.07) is 13.2. The second-order valence-corrected chi connectivity index (χ2v) is 4.04. The van der Waals surface area contributed by atoms with Gasteiger partial charge in [-0.25, -0.2) is 0 Å². The Labute approximate surface area is 118 Å². The van der Waals surface area contributed by atoms with Crippen molar-refractivity contribution in [2.24, 2.45) is 4.99 Å². The van der Waals surface area contributed by atoms with E-state index in [9.17, 15) is 0 Å². The van der Waals surface area contributed by atoms with Crippen molar-refractivity contribution in [3.63, 3.8) is 0 Å². The Morgan fingerprint density at radius 2 is 1.60 bits per heavy atom. The third-order valence-corrected chi connectivity index (χ3v) is 2.86. The monoisotopic (exact) mass is 271 g/mol. The Morgan fingerprint density at radius 3 is 2.30 bits per heavy atom. The van der Waals surface area contributed by atoms with Gasteiger partial charge >= 0.3 is 0 Å². The van der Waals surface area contributed by atoms with Gasteiger partial charge in [0.2, 0.25) is 0 Å². The number of hydrogen-bond acceptors (Lipinski definition) is 4. The molecule has 0 spiro atoms. The standard InChI is InChI=1S/C16H17NO3/c1-18-13-8-9-15(19-2)12(10-13)11-17-14-6-4-5-7-16(14)20-3/h4-11H,1-3H3. The van der Waals surface area contributed by atoms with Gasteiger partial charge in [0.1, 0.15) is 22.9 Å². The van der Waals surface area contributed by atoms with Crippen LogP contribution in [0.15, 0.2) is 47.5 Å². The SMILES string of the molecule is COc1ccc(OC)c(C=Nc2ccccc2OC)c1. The predicted octanol–water partition coefficient (Wildman–Crippen LogP) is 3.46. The number of methoxy groups -OCH3 is 3. The van der Waals surface area contributed by atoms with E-state index in [4.69, 9.17) is 14.2 Å². The summed E-state index contributed by atoms with van der Waals surface area (Å²) < 4.78 is 15.8. The molecule has 0 aromatic heterocycles. The van der Waals surface area contributed by atoms with E-state index in [0.717, 1.165) is 28.5 Å². The van der Waals surface area contributed by atoms with E-state index in [-0.39, 0.29) is 0 Å². The second kappa shape index (κ2) is 6.61. The maximum atomic E-state index is 5.31. The number of ether oxygens (including phenoxy) is 3. The lowest BCUT2D eigenvalue weighted by Crippen LogP contribution is -1.92. The highest BCUT2D eigenvalue weighted by Gasteiger charge is 2.03. The Morgan fingerprint density at radius 1 is 0.850 bits per heavy atom. The first-order valence-corrected chi connectivity index (χ1v) is 6.17. The van der Waals surface area contributed by atoms with Crippen LogP contribution in [-0.2, 0) is 0 Å². The van der Waals surface area contributed by atoms with Crippen LogP contribution in [0.25, 0.3) is 0 Å². The van der Waals surface area contributed by atoms with Gasteiger partial charge in [-0.05, 0) is 30.3 Å². The number of aliphatic imine (C=N–C) groups is 1. The van der Waals surface area contributed by atoms with Gasteiger partial charge in [-0.2, -0.15) is 0 Å². The topological polar surface area (TPSA) is 40.0 Å². The summed E-state index contributed by atoms with van der Waals surface area (Å²) in [5.74, 6) is 2.22. The summed E-state index contributed by atoms with van der Waals surface area (Å²) in [6.45, 7) is 0. The lowest BCUT2D eigenvalue weighted by molar-refractivity contribution is 0.402. The highest BCUT2D eigenvalue weighted by Crippen LogP contribution is 2.27. The van der Waals surface area contributed by atoms with Crippen LogP contribution >= 0.6 is 0 Å². The zero-order valence-electron chi connectivity index (χ0n) is 11.8. The minimum Gasteiger partial charge on any atom is -0.497 e. The van der Waals surface area contributed by atoms with E-state index in [0.29, 0.717) is 0 Å². The normalized spacial score (nSPS) is 10.6. The maximum Gasteiger partial charge on any atom is 0.144 e. The Balaban J connectivity index is 2.35. The summed E-state index contributed by atoms with van der Waals surface area (Å²) in [5, 5.41) is 0. The van der Waals surface area contributed by atoms with Gasteiger partial charge < -0.3 is 14.2 Å². The highest BCUT2D eigenvalue weighted by molar-refractivity contribution is 5.86. The molecule has 0 saturated heterocycles. The van der Waals surface area contributed by atoms with Crippen LogP contribution in [0, 0.1) is 0 Å². The largest absolute Gasteiger partial charge is 0.497 e. The molecule has 0 aliphatic carbocycles. The van der Waals surface area contributed by atoms with Crippen LogP contribution in [0.1, 0.15) is 5.56 Å². The molecule has 0 saturated carbocycles. The molecule has 0 N–H and O–H groups in total. The van der Waals surface area contributed by atoms with Gasteiger partial charge in [0, 0.05) is 11.8 Å². The molecule has 2 rings (SSSR count). The number of rotatable bonds is 5. The molecule has 0 fully saturated rings. The molecule has 4 nitrogen and oxygen atoms in total. The van der Waals surface area contributed by atoms with Crippen molar-refractivity contribution >= 4 is 11.9 Å². The first-order chi connectivity index (χ1) is 9.78. The molecule has 0 radical (unpaired) electrons. The molecule has 0 aliphatic heterocycles. The van der Waals surface area contributed by atoms with Gasteiger partial charge in [-0.3, -0.25) is 4.99 Å². The molecule has 0 unspecified atom stereocenters. The van der Waals surface area contributed by atoms with Crippen molar-refractivity contribution < 1.29 is 14.2 Å². The van der Waals surface area contributed by atoms with Gasteiger partial charge in [0.25, 0.3) is 0 Å². The molecule has 2 aromatic rings. The van der Waals surface area contributed by atoms with E-state index in [1.54, 1.807) is 27.5 Å². The predicted molar refractivity (Wildman–Crippen MR) is 79.8 cm³/mol. The molecule has 0 aliphatic rings. The molecule has 104 valence electrons. The van der Waals surface area contributed by atoms with Crippen LogP contribution < -0.4 is 14.2 Å². The number of hydrogen-bond donors (Lipinski definition) is 0. The Bertz CT molecular complexity index is 608. The molecular formula is C16H17NO3. The van der Waals surface area contributed by atoms with Crippen LogP contribution in [0.2, 0.25) is 0 Å². The van der Waals surface area contributed by atoms with Crippen LogP contribution in [0.5, 0.6) is 17.2 Å². The average Bonchev–Trinajstić information content (AvgIpc) is 2.52. The first-order valence-electron chi connectivity index (χ1n) is 6.17. The summed E-state index contributed by atoms with van der Waals surface area (Å²) in [7, 11) is 4.88. The fourth-order valence-electron chi connectivity index (χ4n) is 1.82. The average molecular weight is 271 g/mol. The fourth-order valence-corrected chi connectivity index (χ4v) is 1.82. The van der Waals surface area contributed by atoms with Gasteiger partial charge in [0.05, 0.1) is 21.3 Å². The minimum atomic E-state index is 0.727. The summed E-state index contributed by atoms with van der Waals surface area (Å²) >= 11 is 0. The van der Waals surface area contributed by atoms with E-state index < -0.39 is 0 Å². The first kappa shape index (κ1) is 13.9. The van der Waals surface area contributed by atoms with E-state index in [2.05, 4.69) is 4.99 Å². The molecule has 0 amide bonds. The summed E-state index contributed by atoms with van der Waals surface area (Å²) in [6.07, 6.45) is 1.74. The lowest BCUT2D eigenvalue weighted by atomic mass is 10.2. The molecule has 0 bridgehead atoms. The maximum absolute atomic E-state index is 5.31. The molecule has 4 heteroatoms. The van der Waals surface area contributed by atoms with Gasteiger partial charge in [-0.1, -0.05) is 12.1 Å². The van der Waals surface area contributed by atoms with E-state index in [1.165, 1.54) is 0 Å². The zero-order valence-corrected chi connectivity index (χ0v) is 11.8. The fraction of sp³-hybridized carbons (Fsp3) is 0.188. The third kappa shape index (κ3) is 3.09. The zero-order chi connectivity index (χ0) is 14.4. The minimum absolute atomic E-state index is 0.727. The number of para-hydroxylation sites is 2. The van der Waals surface area contributed by atoms with Crippen LogP contribution in [0.4, 0.5) is 5.69 Å². The van der Waals surface area contributed by atoms with Gasteiger partial charge in [-0.15, -0.1) is 0 Å². The summed E-state index contributed by atoms with van der Waals surface area (Å²) in [4.78, 5) is 4.45. The Kier molecular flexibility index (Phi) is 4.60. The van der Waals surface area contributed by atoms with Crippen molar-refractivity contribution in [2.75, 3.05) is 21.3 Å². The van der Waals surface area contributed by atoms with Crippen molar-refractivity contribution in [3.05, 3.63) is 48.0 Å². The second-order valence-electron chi connectivity index (χ2n) is 4.04.